The van der Waals surface area contributed by atoms with Gasteiger partial charge in [0.2, 0.25) is 0 Å². The Morgan fingerprint density at radius 2 is 2.16 bits per heavy atom. The lowest BCUT2D eigenvalue weighted by molar-refractivity contribution is 0.0398. The number of nitrogens with one attached hydrogen (secondary N) is 1. The molecule has 0 bridgehead atoms. The van der Waals surface area contributed by atoms with Crippen LogP contribution in [0.15, 0.2) is 6.07 Å². The van der Waals surface area contributed by atoms with Crippen LogP contribution in [-0.4, -0.2) is 54.3 Å². The molecule has 5 nitrogen and oxygen atoms in total. The summed E-state index contributed by atoms with van der Waals surface area (Å²) in [6, 6.07) is 1.78. The van der Waals surface area contributed by atoms with Gasteiger partial charge in [0.25, 0.3) is 0 Å². The molecule has 0 amide bonds. The molecule has 2 rings (SSSR count). The summed E-state index contributed by atoms with van der Waals surface area (Å²) in [5.74, 6) is 1.63. The van der Waals surface area contributed by atoms with E-state index in [9.17, 15) is 0 Å². The largest absolute Gasteiger partial charge is 0.379 e. The van der Waals surface area contributed by atoms with Gasteiger partial charge in [-0.2, -0.15) is 0 Å². The molecular formula is C13H21ClN4O. The number of anilines is 1. The molecule has 6 heteroatoms. The van der Waals surface area contributed by atoms with Crippen molar-refractivity contribution >= 4 is 17.4 Å². The number of ether oxygens (including phenoxy) is 1. The summed E-state index contributed by atoms with van der Waals surface area (Å²) in [6.07, 6.45) is 1.88. The van der Waals surface area contributed by atoms with Crippen LogP contribution < -0.4 is 5.32 Å². The summed E-state index contributed by atoms with van der Waals surface area (Å²) in [5.41, 5.74) is 0. The normalized spacial score (nSPS) is 16.5. The second-order valence-electron chi connectivity index (χ2n) is 4.62. The van der Waals surface area contributed by atoms with Gasteiger partial charge in [0, 0.05) is 38.7 Å². The Morgan fingerprint density at radius 1 is 1.37 bits per heavy atom. The van der Waals surface area contributed by atoms with Gasteiger partial charge in [0.05, 0.1) is 13.2 Å². The van der Waals surface area contributed by atoms with Crippen molar-refractivity contribution < 1.29 is 4.74 Å². The van der Waals surface area contributed by atoms with E-state index in [4.69, 9.17) is 16.3 Å². The highest BCUT2D eigenvalue weighted by atomic mass is 35.5. The summed E-state index contributed by atoms with van der Waals surface area (Å²) in [6.45, 7) is 7.64. The Labute approximate surface area is 119 Å². The molecule has 1 aliphatic rings. The molecule has 2 heterocycles. The molecule has 1 aromatic rings. The Hall–Kier alpha value is -0.910. The van der Waals surface area contributed by atoms with Crippen molar-refractivity contribution in [2.75, 3.05) is 44.7 Å². The van der Waals surface area contributed by atoms with E-state index < -0.39 is 0 Å². The first kappa shape index (κ1) is 14.5. The van der Waals surface area contributed by atoms with E-state index in [1.54, 1.807) is 6.07 Å². The average Bonchev–Trinajstić information content (AvgIpc) is 2.40. The maximum Gasteiger partial charge on any atom is 0.134 e. The number of rotatable bonds is 6. The van der Waals surface area contributed by atoms with E-state index in [-0.39, 0.29) is 0 Å². The first-order valence-electron chi connectivity index (χ1n) is 6.85. The fraction of sp³-hybridized carbons (Fsp3) is 0.692. The highest BCUT2D eigenvalue weighted by Crippen LogP contribution is 2.12. The third kappa shape index (κ3) is 4.93. The van der Waals surface area contributed by atoms with E-state index >= 15 is 0 Å². The van der Waals surface area contributed by atoms with Gasteiger partial charge in [-0.1, -0.05) is 18.5 Å². The zero-order valence-electron chi connectivity index (χ0n) is 11.4. The molecule has 0 unspecified atom stereocenters. The summed E-state index contributed by atoms with van der Waals surface area (Å²) in [5, 5.41) is 3.82. The number of aromatic nitrogens is 2. The highest BCUT2D eigenvalue weighted by Gasteiger charge is 2.09. The predicted molar refractivity (Wildman–Crippen MR) is 76.8 cm³/mol. The maximum absolute atomic E-state index is 6.00. The molecule has 1 aliphatic heterocycles. The molecule has 1 N–H and O–H groups in total. The van der Waals surface area contributed by atoms with Crippen LogP contribution in [0.4, 0.5) is 5.82 Å². The van der Waals surface area contributed by atoms with Crippen molar-refractivity contribution in [3.63, 3.8) is 0 Å². The van der Waals surface area contributed by atoms with Gasteiger partial charge in [-0.25, -0.2) is 9.97 Å². The third-order valence-electron chi connectivity index (χ3n) is 3.05. The molecule has 0 atom stereocenters. The topological polar surface area (TPSA) is 50.3 Å². The van der Waals surface area contributed by atoms with Crippen LogP contribution in [-0.2, 0) is 11.2 Å². The Kier molecular flexibility index (Phi) is 5.82. The van der Waals surface area contributed by atoms with Gasteiger partial charge in [0.1, 0.15) is 16.8 Å². The van der Waals surface area contributed by atoms with Crippen molar-refractivity contribution in [1.29, 1.82) is 0 Å². The molecule has 0 saturated carbocycles. The fourth-order valence-corrected chi connectivity index (χ4v) is 2.26. The minimum Gasteiger partial charge on any atom is -0.379 e. The van der Waals surface area contributed by atoms with Gasteiger partial charge < -0.3 is 10.1 Å². The fourth-order valence-electron chi connectivity index (χ4n) is 2.06. The van der Waals surface area contributed by atoms with Gasteiger partial charge in [0.15, 0.2) is 0 Å². The van der Waals surface area contributed by atoms with Crippen molar-refractivity contribution in [3.8, 4) is 0 Å². The standard InChI is InChI=1S/C13H21ClN4O/c1-2-3-12-16-11(14)10-13(17-12)15-4-5-18-6-8-19-9-7-18/h10H,2-9H2,1H3,(H,15,16,17). The molecule has 0 aromatic carbocycles. The highest BCUT2D eigenvalue weighted by molar-refractivity contribution is 6.29. The number of hydrogen-bond donors (Lipinski definition) is 1. The van der Waals surface area contributed by atoms with Gasteiger partial charge >= 0.3 is 0 Å². The minimum atomic E-state index is 0.507. The Bertz CT molecular complexity index is 396. The van der Waals surface area contributed by atoms with Gasteiger partial charge in [-0.05, 0) is 6.42 Å². The lowest BCUT2D eigenvalue weighted by Crippen LogP contribution is -2.39. The minimum absolute atomic E-state index is 0.507. The first-order valence-corrected chi connectivity index (χ1v) is 7.23. The van der Waals surface area contributed by atoms with Crippen LogP contribution in [0.5, 0.6) is 0 Å². The number of halogens is 1. The second-order valence-corrected chi connectivity index (χ2v) is 5.01. The Morgan fingerprint density at radius 3 is 2.89 bits per heavy atom. The smallest absolute Gasteiger partial charge is 0.134 e. The molecule has 0 aliphatic carbocycles. The van der Waals surface area contributed by atoms with Crippen LogP contribution in [0.3, 0.4) is 0 Å². The molecule has 1 fully saturated rings. The van der Waals surface area contributed by atoms with E-state index in [1.165, 1.54) is 0 Å². The van der Waals surface area contributed by atoms with Crippen LogP contribution in [0.1, 0.15) is 19.2 Å². The maximum atomic E-state index is 6.00. The quantitative estimate of drug-likeness (QED) is 0.808. The molecule has 0 radical (unpaired) electrons. The summed E-state index contributed by atoms with van der Waals surface area (Å²) in [7, 11) is 0. The van der Waals surface area contributed by atoms with E-state index in [0.29, 0.717) is 5.15 Å². The summed E-state index contributed by atoms with van der Waals surface area (Å²) >= 11 is 6.00. The zero-order valence-corrected chi connectivity index (χ0v) is 12.1. The SMILES string of the molecule is CCCc1nc(Cl)cc(NCCN2CCOCC2)n1. The lowest BCUT2D eigenvalue weighted by Gasteiger charge is -2.26. The van der Waals surface area contributed by atoms with E-state index in [0.717, 1.165) is 63.9 Å². The summed E-state index contributed by atoms with van der Waals surface area (Å²) in [4.78, 5) is 11.0. The van der Waals surface area contributed by atoms with Crippen LogP contribution in [0, 0.1) is 0 Å². The molecule has 106 valence electrons. The van der Waals surface area contributed by atoms with E-state index in [2.05, 4.69) is 27.1 Å². The molecule has 19 heavy (non-hydrogen) atoms. The van der Waals surface area contributed by atoms with Gasteiger partial charge in [-0.15, -0.1) is 0 Å². The van der Waals surface area contributed by atoms with Crippen molar-refractivity contribution in [2.45, 2.75) is 19.8 Å². The van der Waals surface area contributed by atoms with Crippen LogP contribution >= 0.6 is 11.6 Å². The van der Waals surface area contributed by atoms with Gasteiger partial charge in [-0.3, -0.25) is 4.90 Å². The van der Waals surface area contributed by atoms with Crippen LogP contribution in [0.2, 0.25) is 5.15 Å². The number of nitrogens with zero attached hydrogens (tertiary/aromatic N) is 3. The molecule has 1 aromatic heterocycles. The molecule has 0 spiro atoms. The predicted octanol–water partition coefficient (Wildman–Crippen LogP) is 1.83. The Balaban J connectivity index is 1.81. The lowest BCUT2D eigenvalue weighted by atomic mass is 10.3. The number of aryl methyl sites for hydroxylation is 1. The number of morpholine rings is 1. The van der Waals surface area contributed by atoms with Crippen molar-refractivity contribution in [3.05, 3.63) is 17.0 Å². The zero-order chi connectivity index (χ0) is 13.5. The van der Waals surface area contributed by atoms with Crippen LogP contribution in [0.25, 0.3) is 0 Å². The third-order valence-corrected chi connectivity index (χ3v) is 3.25. The average molecular weight is 285 g/mol. The number of hydrogen-bond acceptors (Lipinski definition) is 5. The monoisotopic (exact) mass is 284 g/mol. The molecule has 1 saturated heterocycles. The van der Waals surface area contributed by atoms with E-state index in [1.807, 2.05) is 0 Å². The summed E-state index contributed by atoms with van der Waals surface area (Å²) < 4.78 is 5.32. The molecular weight excluding hydrogens is 264 g/mol. The van der Waals surface area contributed by atoms with Crippen molar-refractivity contribution in [1.82, 2.24) is 14.9 Å². The van der Waals surface area contributed by atoms with Crippen molar-refractivity contribution in [2.24, 2.45) is 0 Å². The second kappa shape index (κ2) is 7.62. The first-order chi connectivity index (χ1) is 9.28.